The van der Waals surface area contributed by atoms with Gasteiger partial charge in [-0.3, -0.25) is 0 Å². The summed E-state index contributed by atoms with van der Waals surface area (Å²) in [5.74, 6) is 1.40. The van der Waals surface area contributed by atoms with E-state index in [1.54, 1.807) is 31.1 Å². The fraction of sp³-hybridized carbons (Fsp3) is 0.143. The van der Waals surface area contributed by atoms with E-state index >= 15 is 0 Å². The molecule has 0 amide bonds. The van der Waals surface area contributed by atoms with Gasteiger partial charge < -0.3 is 4.74 Å². The third-order valence-electron chi connectivity index (χ3n) is 2.47. The maximum Gasteiger partial charge on any atom is 0.136 e. The van der Waals surface area contributed by atoms with E-state index in [9.17, 15) is 0 Å². The Morgan fingerprint density at radius 2 is 2.21 bits per heavy atom. The second kappa shape index (κ2) is 6.60. The number of aromatic nitrogens is 1. The minimum absolute atomic E-state index is 0.554. The lowest BCUT2D eigenvalue weighted by atomic mass is 10.1. The van der Waals surface area contributed by atoms with E-state index in [0.29, 0.717) is 11.3 Å². The van der Waals surface area contributed by atoms with Crippen LogP contribution in [0.2, 0.25) is 0 Å². The zero-order chi connectivity index (χ0) is 13.7. The lowest BCUT2D eigenvalue weighted by Crippen LogP contribution is -1.90. The molecule has 2 aromatic rings. The molecule has 0 unspecified atom stereocenters. The number of pyridine rings is 1. The first-order valence-corrected chi connectivity index (χ1v) is 7.32. The molecular formula is C14H11BrN2OS. The molecule has 0 radical (unpaired) electrons. The lowest BCUT2D eigenvalue weighted by molar-refractivity contribution is 0.413. The van der Waals surface area contributed by atoms with Crippen LogP contribution in [0.1, 0.15) is 11.1 Å². The van der Waals surface area contributed by atoms with Crippen molar-refractivity contribution in [3.63, 3.8) is 0 Å². The summed E-state index contributed by atoms with van der Waals surface area (Å²) in [5, 5.41) is 9.89. The molecule has 0 saturated heterocycles. The molecule has 3 nitrogen and oxygen atoms in total. The fourth-order valence-corrected chi connectivity index (χ4v) is 2.54. The monoisotopic (exact) mass is 334 g/mol. The number of thioether (sulfide) groups is 1. The van der Waals surface area contributed by atoms with Gasteiger partial charge in [0.15, 0.2) is 0 Å². The Kier molecular flexibility index (Phi) is 4.83. The summed E-state index contributed by atoms with van der Waals surface area (Å²) in [4.78, 5) is 4.30. The molecule has 0 saturated carbocycles. The molecule has 1 aromatic heterocycles. The van der Waals surface area contributed by atoms with Crippen LogP contribution in [0.25, 0.3) is 0 Å². The summed E-state index contributed by atoms with van der Waals surface area (Å²) >= 11 is 5.00. The first-order valence-electron chi connectivity index (χ1n) is 5.54. The highest BCUT2D eigenvalue weighted by molar-refractivity contribution is 9.10. The molecule has 0 atom stereocenters. The van der Waals surface area contributed by atoms with Crippen LogP contribution in [0.4, 0.5) is 0 Å². The van der Waals surface area contributed by atoms with Gasteiger partial charge in [0.05, 0.1) is 17.7 Å². The van der Waals surface area contributed by atoms with Crippen LogP contribution >= 0.6 is 27.7 Å². The van der Waals surface area contributed by atoms with E-state index < -0.39 is 0 Å². The molecule has 0 aliphatic carbocycles. The third kappa shape index (κ3) is 3.72. The van der Waals surface area contributed by atoms with E-state index in [1.807, 2.05) is 24.3 Å². The van der Waals surface area contributed by atoms with Crippen molar-refractivity contribution < 1.29 is 4.74 Å². The SMILES string of the molecule is COc1cc(CSc2ccc(Br)cn2)ccc1C#N. The van der Waals surface area contributed by atoms with E-state index in [0.717, 1.165) is 20.8 Å². The van der Waals surface area contributed by atoms with Crippen molar-refractivity contribution in [2.24, 2.45) is 0 Å². The Morgan fingerprint density at radius 1 is 1.37 bits per heavy atom. The molecule has 1 aromatic carbocycles. The first-order chi connectivity index (χ1) is 9.22. The minimum atomic E-state index is 0.554. The molecule has 96 valence electrons. The van der Waals surface area contributed by atoms with Gasteiger partial charge in [0, 0.05) is 16.4 Å². The summed E-state index contributed by atoms with van der Waals surface area (Å²) in [6.07, 6.45) is 1.78. The van der Waals surface area contributed by atoms with Gasteiger partial charge in [0.1, 0.15) is 11.8 Å². The van der Waals surface area contributed by atoms with Crippen LogP contribution in [-0.2, 0) is 5.75 Å². The Labute approximate surface area is 124 Å². The Morgan fingerprint density at radius 3 is 2.84 bits per heavy atom. The van der Waals surface area contributed by atoms with Crippen LogP contribution in [-0.4, -0.2) is 12.1 Å². The summed E-state index contributed by atoms with van der Waals surface area (Å²) in [6, 6.07) is 11.7. The highest BCUT2D eigenvalue weighted by Gasteiger charge is 2.04. The maximum atomic E-state index is 8.92. The third-order valence-corrected chi connectivity index (χ3v) is 3.96. The summed E-state index contributed by atoms with van der Waals surface area (Å²) in [7, 11) is 1.57. The average molecular weight is 335 g/mol. The topological polar surface area (TPSA) is 45.9 Å². The number of methoxy groups -OCH3 is 1. The van der Waals surface area contributed by atoms with Crippen LogP contribution in [0.3, 0.4) is 0 Å². The molecule has 0 aliphatic heterocycles. The molecule has 2 rings (SSSR count). The fourth-order valence-electron chi connectivity index (χ4n) is 1.52. The lowest BCUT2D eigenvalue weighted by Gasteiger charge is -2.06. The molecular weight excluding hydrogens is 324 g/mol. The predicted molar refractivity (Wildman–Crippen MR) is 79.2 cm³/mol. The molecule has 0 aliphatic rings. The van der Waals surface area contributed by atoms with Crippen molar-refractivity contribution in [3.8, 4) is 11.8 Å². The van der Waals surface area contributed by atoms with Gasteiger partial charge in [0.2, 0.25) is 0 Å². The number of ether oxygens (including phenoxy) is 1. The molecule has 19 heavy (non-hydrogen) atoms. The second-order valence-electron chi connectivity index (χ2n) is 3.75. The highest BCUT2D eigenvalue weighted by Crippen LogP contribution is 2.25. The number of halogens is 1. The quantitative estimate of drug-likeness (QED) is 0.792. The average Bonchev–Trinajstić information content (AvgIpc) is 2.46. The van der Waals surface area contributed by atoms with Gasteiger partial charge in [-0.05, 0) is 45.8 Å². The summed E-state index contributed by atoms with van der Waals surface area (Å²) in [5.41, 5.74) is 1.66. The normalized spacial score (nSPS) is 9.95. The van der Waals surface area contributed by atoms with Crippen molar-refractivity contribution in [2.45, 2.75) is 10.8 Å². The summed E-state index contributed by atoms with van der Waals surface area (Å²) < 4.78 is 6.16. The molecule has 1 heterocycles. The maximum absolute atomic E-state index is 8.92. The van der Waals surface area contributed by atoms with E-state index in [-0.39, 0.29) is 0 Å². The molecule has 0 spiro atoms. The number of hydrogen-bond donors (Lipinski definition) is 0. The van der Waals surface area contributed by atoms with Crippen molar-refractivity contribution in [2.75, 3.05) is 7.11 Å². The Hall–Kier alpha value is -1.51. The number of benzene rings is 1. The smallest absolute Gasteiger partial charge is 0.136 e. The van der Waals surface area contributed by atoms with Gasteiger partial charge >= 0.3 is 0 Å². The summed E-state index contributed by atoms with van der Waals surface area (Å²) in [6.45, 7) is 0. The van der Waals surface area contributed by atoms with E-state index in [2.05, 4.69) is 27.0 Å². The zero-order valence-corrected chi connectivity index (χ0v) is 12.7. The van der Waals surface area contributed by atoms with E-state index in [4.69, 9.17) is 10.00 Å². The molecule has 0 bridgehead atoms. The second-order valence-corrected chi connectivity index (χ2v) is 5.66. The van der Waals surface area contributed by atoms with Crippen LogP contribution in [0.15, 0.2) is 46.0 Å². The van der Waals surface area contributed by atoms with Crippen molar-refractivity contribution in [1.82, 2.24) is 4.98 Å². The Balaban J connectivity index is 2.07. The minimum Gasteiger partial charge on any atom is -0.495 e. The molecule has 5 heteroatoms. The molecule has 0 N–H and O–H groups in total. The largest absolute Gasteiger partial charge is 0.495 e. The van der Waals surface area contributed by atoms with Gasteiger partial charge in [-0.2, -0.15) is 5.26 Å². The predicted octanol–water partition coefficient (Wildman–Crippen LogP) is 4.02. The van der Waals surface area contributed by atoms with Crippen LogP contribution < -0.4 is 4.74 Å². The Bertz CT molecular complexity index is 608. The number of hydrogen-bond acceptors (Lipinski definition) is 4. The first kappa shape index (κ1) is 13.9. The van der Waals surface area contributed by atoms with Crippen molar-refractivity contribution in [3.05, 3.63) is 52.1 Å². The van der Waals surface area contributed by atoms with Gasteiger partial charge in [-0.1, -0.05) is 6.07 Å². The number of nitrogens with zero attached hydrogens (tertiary/aromatic N) is 2. The number of rotatable bonds is 4. The molecule has 0 fully saturated rings. The van der Waals surface area contributed by atoms with Crippen molar-refractivity contribution in [1.29, 1.82) is 5.26 Å². The highest BCUT2D eigenvalue weighted by atomic mass is 79.9. The van der Waals surface area contributed by atoms with Crippen LogP contribution in [0, 0.1) is 11.3 Å². The van der Waals surface area contributed by atoms with Crippen molar-refractivity contribution >= 4 is 27.7 Å². The van der Waals surface area contributed by atoms with E-state index in [1.165, 1.54) is 0 Å². The van der Waals surface area contributed by atoms with Gasteiger partial charge in [-0.15, -0.1) is 11.8 Å². The van der Waals surface area contributed by atoms with Crippen LogP contribution in [0.5, 0.6) is 5.75 Å². The number of nitriles is 1. The standard InChI is InChI=1S/C14H11BrN2OS/c1-18-13-6-10(2-3-11(13)7-16)9-19-14-5-4-12(15)8-17-14/h2-6,8H,9H2,1H3. The zero-order valence-electron chi connectivity index (χ0n) is 10.3. The van der Waals surface area contributed by atoms with Gasteiger partial charge in [-0.25, -0.2) is 4.98 Å². The van der Waals surface area contributed by atoms with Gasteiger partial charge in [0.25, 0.3) is 0 Å².